The number of carbonyl (C=O) groups is 1. The zero-order chi connectivity index (χ0) is 17.6. The van der Waals surface area contributed by atoms with Crippen LogP contribution < -0.4 is 5.32 Å². The first-order chi connectivity index (χ1) is 11.4. The van der Waals surface area contributed by atoms with Crippen molar-refractivity contribution in [2.24, 2.45) is 0 Å². The third-order valence-corrected chi connectivity index (χ3v) is 4.48. The molecule has 0 aliphatic heterocycles. The van der Waals surface area contributed by atoms with Crippen LogP contribution >= 0.6 is 11.8 Å². The fourth-order valence-electron chi connectivity index (χ4n) is 2.28. The predicted molar refractivity (Wildman–Crippen MR) is 97.1 cm³/mol. The molecule has 0 saturated heterocycles. The first-order valence-corrected chi connectivity index (χ1v) is 9.00. The minimum Gasteiger partial charge on any atom is -0.391 e. The number of rotatable bonds is 7. The van der Waals surface area contributed by atoms with E-state index in [9.17, 15) is 9.90 Å². The van der Waals surface area contributed by atoms with Gasteiger partial charge >= 0.3 is 0 Å². The van der Waals surface area contributed by atoms with Crippen LogP contribution in [0.3, 0.4) is 0 Å². The molecule has 6 heteroatoms. The van der Waals surface area contributed by atoms with Crippen LogP contribution in [0.2, 0.25) is 0 Å². The van der Waals surface area contributed by atoms with E-state index in [1.807, 2.05) is 36.5 Å². The minimum atomic E-state index is -0.585. The molecule has 1 unspecified atom stereocenters. The molecule has 0 spiro atoms. The summed E-state index contributed by atoms with van der Waals surface area (Å²) in [6, 6.07) is 9.75. The van der Waals surface area contributed by atoms with Gasteiger partial charge in [-0.2, -0.15) is 0 Å². The molecular formula is C18H25N3O2S. The topological polar surface area (TPSA) is 67.2 Å². The number of nitrogens with zero attached hydrogens (tertiary/aromatic N) is 2. The molecule has 0 saturated carbocycles. The van der Waals surface area contributed by atoms with E-state index in [1.54, 1.807) is 6.20 Å². The number of hydrogen-bond donors (Lipinski definition) is 2. The van der Waals surface area contributed by atoms with Crippen molar-refractivity contribution in [3.05, 3.63) is 48.3 Å². The van der Waals surface area contributed by atoms with Crippen LogP contribution in [0.4, 0.5) is 0 Å². The van der Waals surface area contributed by atoms with Crippen LogP contribution in [-0.4, -0.2) is 39.0 Å². The Bertz CT molecular complexity index is 650. The highest BCUT2D eigenvalue weighted by molar-refractivity contribution is 7.99. The minimum absolute atomic E-state index is 0.0683. The second-order valence-electron chi connectivity index (χ2n) is 6.69. The van der Waals surface area contributed by atoms with Gasteiger partial charge in [0.25, 0.3) is 0 Å². The van der Waals surface area contributed by atoms with Gasteiger partial charge in [-0.15, -0.1) is 0 Å². The molecule has 2 aromatic rings. The molecule has 0 bridgehead atoms. The molecule has 130 valence electrons. The Morgan fingerprint density at radius 1 is 1.33 bits per heavy atom. The van der Waals surface area contributed by atoms with E-state index in [1.165, 1.54) is 11.8 Å². The molecule has 1 aromatic carbocycles. The molecule has 2 N–H and O–H groups in total. The summed E-state index contributed by atoms with van der Waals surface area (Å²) in [5.74, 6) is 0.182. The number of amides is 1. The van der Waals surface area contributed by atoms with Crippen LogP contribution in [0.15, 0.2) is 47.9 Å². The van der Waals surface area contributed by atoms with Gasteiger partial charge in [0.05, 0.1) is 11.9 Å². The van der Waals surface area contributed by atoms with Crippen molar-refractivity contribution >= 4 is 17.7 Å². The summed E-state index contributed by atoms with van der Waals surface area (Å²) in [5.41, 5.74) is 0.988. The number of aliphatic hydroxyl groups is 1. The fourth-order valence-corrected chi connectivity index (χ4v) is 3.25. The Morgan fingerprint density at radius 3 is 2.71 bits per heavy atom. The zero-order valence-electron chi connectivity index (χ0n) is 14.4. The largest absolute Gasteiger partial charge is 0.391 e. The number of imidazole rings is 1. The maximum Gasteiger partial charge on any atom is 0.230 e. The van der Waals surface area contributed by atoms with Crippen LogP contribution in [0.5, 0.6) is 0 Å². The smallest absolute Gasteiger partial charge is 0.230 e. The van der Waals surface area contributed by atoms with Crippen LogP contribution in [-0.2, 0) is 16.8 Å². The molecule has 0 radical (unpaired) electrons. The lowest BCUT2D eigenvalue weighted by molar-refractivity contribution is -0.119. The first kappa shape index (κ1) is 18.5. The number of aromatic nitrogens is 2. The fraction of sp³-hybridized carbons (Fsp3) is 0.444. The van der Waals surface area contributed by atoms with E-state index < -0.39 is 6.10 Å². The summed E-state index contributed by atoms with van der Waals surface area (Å²) in [6.45, 7) is 6.54. The standard InChI is InChI=1S/C18H25N3O2S/c1-18(2,3)21-10-9-19-17(21)24-13-16(23)20-12-15(22)11-14-7-5-4-6-8-14/h4-10,15,22H,11-13H2,1-3H3,(H,20,23). The third kappa shape index (κ3) is 5.69. The summed E-state index contributed by atoms with van der Waals surface area (Å²) in [4.78, 5) is 16.3. The molecule has 24 heavy (non-hydrogen) atoms. The number of hydrogen-bond acceptors (Lipinski definition) is 4. The van der Waals surface area contributed by atoms with Crippen LogP contribution in [0, 0.1) is 0 Å². The number of aliphatic hydroxyl groups excluding tert-OH is 1. The Hall–Kier alpha value is -1.79. The number of nitrogens with one attached hydrogen (secondary N) is 1. The highest BCUT2D eigenvalue weighted by atomic mass is 32.2. The SMILES string of the molecule is CC(C)(C)n1ccnc1SCC(=O)NCC(O)Cc1ccccc1. The second kappa shape index (κ2) is 8.35. The Labute approximate surface area is 147 Å². The molecule has 5 nitrogen and oxygen atoms in total. The molecule has 1 atom stereocenters. The Balaban J connectivity index is 1.75. The average molecular weight is 347 g/mol. The highest BCUT2D eigenvalue weighted by Gasteiger charge is 2.17. The van der Waals surface area contributed by atoms with Gasteiger partial charge in [-0.1, -0.05) is 42.1 Å². The maximum absolute atomic E-state index is 12.0. The monoisotopic (exact) mass is 347 g/mol. The van der Waals surface area contributed by atoms with Crippen LogP contribution in [0.25, 0.3) is 0 Å². The van der Waals surface area contributed by atoms with Gasteiger partial charge in [-0.3, -0.25) is 4.79 Å². The number of carbonyl (C=O) groups excluding carboxylic acids is 1. The van der Waals surface area contributed by atoms with Gasteiger partial charge in [0.15, 0.2) is 5.16 Å². The molecular weight excluding hydrogens is 322 g/mol. The maximum atomic E-state index is 12.0. The van der Waals surface area contributed by atoms with Gasteiger partial charge < -0.3 is 15.0 Å². The summed E-state index contributed by atoms with van der Waals surface area (Å²) in [5, 5.41) is 13.6. The lowest BCUT2D eigenvalue weighted by Crippen LogP contribution is -2.34. The Kier molecular flexibility index (Phi) is 6.45. The Morgan fingerprint density at radius 2 is 2.04 bits per heavy atom. The lowest BCUT2D eigenvalue weighted by Gasteiger charge is -2.22. The number of thioether (sulfide) groups is 1. The second-order valence-corrected chi connectivity index (χ2v) is 7.63. The molecule has 1 aromatic heterocycles. The summed E-state index contributed by atoms with van der Waals surface area (Å²) in [6.07, 6.45) is 3.61. The van der Waals surface area contributed by atoms with E-state index in [0.717, 1.165) is 10.7 Å². The molecule has 0 aliphatic rings. The quantitative estimate of drug-likeness (QED) is 0.755. The van der Waals surface area contributed by atoms with Gasteiger partial charge in [0.1, 0.15) is 0 Å². The molecule has 1 heterocycles. The van der Waals surface area contributed by atoms with Crippen molar-refractivity contribution in [2.75, 3.05) is 12.3 Å². The normalized spacial score (nSPS) is 12.8. The van der Waals surface area contributed by atoms with Gasteiger partial charge in [-0.05, 0) is 26.3 Å². The van der Waals surface area contributed by atoms with E-state index >= 15 is 0 Å². The molecule has 0 aliphatic carbocycles. The van der Waals surface area contributed by atoms with Crippen LogP contribution in [0.1, 0.15) is 26.3 Å². The highest BCUT2D eigenvalue weighted by Crippen LogP contribution is 2.23. The molecule has 1 amide bonds. The van der Waals surface area contributed by atoms with Crippen molar-refractivity contribution < 1.29 is 9.90 Å². The molecule has 0 fully saturated rings. The zero-order valence-corrected chi connectivity index (χ0v) is 15.2. The summed E-state index contributed by atoms with van der Waals surface area (Å²) >= 11 is 1.40. The van der Waals surface area contributed by atoms with Gasteiger partial charge in [0.2, 0.25) is 5.91 Å². The van der Waals surface area contributed by atoms with Crippen molar-refractivity contribution in [1.29, 1.82) is 0 Å². The van der Waals surface area contributed by atoms with E-state index in [4.69, 9.17) is 0 Å². The van der Waals surface area contributed by atoms with Crippen molar-refractivity contribution in [3.8, 4) is 0 Å². The number of benzene rings is 1. The first-order valence-electron chi connectivity index (χ1n) is 8.01. The van der Waals surface area contributed by atoms with E-state index in [-0.39, 0.29) is 23.7 Å². The molecule has 2 rings (SSSR count). The summed E-state index contributed by atoms with van der Waals surface area (Å²) in [7, 11) is 0. The average Bonchev–Trinajstić information content (AvgIpc) is 3.01. The van der Waals surface area contributed by atoms with E-state index in [2.05, 4.69) is 35.6 Å². The van der Waals surface area contributed by atoms with Crippen molar-refractivity contribution in [1.82, 2.24) is 14.9 Å². The summed E-state index contributed by atoms with van der Waals surface area (Å²) < 4.78 is 2.05. The predicted octanol–water partition coefficient (Wildman–Crippen LogP) is 2.45. The van der Waals surface area contributed by atoms with E-state index in [0.29, 0.717) is 6.42 Å². The van der Waals surface area contributed by atoms with Gasteiger partial charge in [-0.25, -0.2) is 4.98 Å². The van der Waals surface area contributed by atoms with Crippen molar-refractivity contribution in [2.45, 2.75) is 44.0 Å². The van der Waals surface area contributed by atoms with Crippen molar-refractivity contribution in [3.63, 3.8) is 0 Å². The third-order valence-electron chi connectivity index (χ3n) is 3.51. The lowest BCUT2D eigenvalue weighted by atomic mass is 10.1. The van der Waals surface area contributed by atoms with Gasteiger partial charge in [0, 0.05) is 30.9 Å².